The third-order valence-corrected chi connectivity index (χ3v) is 4.64. The van der Waals surface area contributed by atoms with Gasteiger partial charge in [0.15, 0.2) is 0 Å². The van der Waals surface area contributed by atoms with E-state index in [1.807, 2.05) is 24.3 Å². The molecule has 0 aromatic heterocycles. The summed E-state index contributed by atoms with van der Waals surface area (Å²) in [5.74, 6) is -1.48. The number of primary amides is 1. The van der Waals surface area contributed by atoms with E-state index < -0.39 is 17.8 Å². The van der Waals surface area contributed by atoms with E-state index >= 15 is 0 Å². The Morgan fingerprint density at radius 2 is 1.88 bits per heavy atom. The summed E-state index contributed by atoms with van der Waals surface area (Å²) in [6.07, 6.45) is 0.152. The summed E-state index contributed by atoms with van der Waals surface area (Å²) in [5.41, 5.74) is 7.56. The van der Waals surface area contributed by atoms with Gasteiger partial charge in [-0.2, -0.15) is 0 Å². The lowest BCUT2D eigenvalue weighted by Crippen LogP contribution is -2.51. The van der Waals surface area contributed by atoms with Crippen LogP contribution in [0.5, 0.6) is 0 Å². The summed E-state index contributed by atoms with van der Waals surface area (Å²) in [6, 6.07) is 11.1. The van der Waals surface area contributed by atoms with E-state index in [-0.39, 0.29) is 29.5 Å². The lowest BCUT2D eigenvalue weighted by molar-refractivity contribution is -0.140. The van der Waals surface area contributed by atoms with Gasteiger partial charge in [0.05, 0.1) is 6.42 Å². The molecule has 0 saturated carbocycles. The molecule has 0 radical (unpaired) electrons. The van der Waals surface area contributed by atoms with Crippen LogP contribution in [0.15, 0.2) is 42.5 Å². The van der Waals surface area contributed by atoms with Gasteiger partial charge in [-0.3, -0.25) is 9.59 Å². The first kappa shape index (κ1) is 16.5. The minimum Gasteiger partial charge on any atom is -0.368 e. The van der Waals surface area contributed by atoms with Gasteiger partial charge >= 0.3 is 0 Å². The van der Waals surface area contributed by atoms with Gasteiger partial charge in [-0.05, 0) is 23.3 Å². The number of halogens is 2. The first-order valence-corrected chi connectivity index (χ1v) is 7.93. The molecule has 124 valence electrons. The molecule has 1 aliphatic heterocycles. The average molecular weight is 347 g/mol. The van der Waals surface area contributed by atoms with E-state index in [2.05, 4.69) is 0 Å². The number of benzene rings is 2. The normalized spacial score (nSPS) is 16.6. The zero-order valence-electron chi connectivity index (χ0n) is 12.8. The highest BCUT2D eigenvalue weighted by atomic mass is 35.5. The fraction of sp³-hybridized carbons (Fsp3) is 0.222. The van der Waals surface area contributed by atoms with Gasteiger partial charge in [0.1, 0.15) is 11.9 Å². The van der Waals surface area contributed by atoms with Gasteiger partial charge < -0.3 is 10.6 Å². The predicted octanol–water partition coefficient (Wildman–Crippen LogP) is 2.46. The minimum absolute atomic E-state index is 0.131. The molecular formula is C18H16ClFN2O2. The number of carbonyl (C=O) groups is 2. The summed E-state index contributed by atoms with van der Waals surface area (Å²) < 4.78 is 13.9. The van der Waals surface area contributed by atoms with Crippen LogP contribution in [0.2, 0.25) is 5.02 Å². The Bertz CT molecular complexity index is 789. The van der Waals surface area contributed by atoms with Crippen LogP contribution in [0.3, 0.4) is 0 Å². The van der Waals surface area contributed by atoms with Crippen molar-refractivity contribution in [2.24, 2.45) is 5.73 Å². The molecule has 2 N–H and O–H groups in total. The molecule has 0 bridgehead atoms. The first-order valence-electron chi connectivity index (χ1n) is 7.56. The van der Waals surface area contributed by atoms with Crippen molar-refractivity contribution in [2.45, 2.75) is 25.4 Å². The Balaban J connectivity index is 1.89. The molecule has 0 aliphatic carbocycles. The fourth-order valence-corrected chi connectivity index (χ4v) is 3.22. The Morgan fingerprint density at radius 3 is 2.54 bits per heavy atom. The second kappa shape index (κ2) is 6.61. The molecule has 6 heteroatoms. The number of rotatable bonds is 3. The number of hydrogen-bond acceptors (Lipinski definition) is 2. The van der Waals surface area contributed by atoms with Crippen LogP contribution in [-0.2, 0) is 29.0 Å². The largest absolute Gasteiger partial charge is 0.368 e. The second-order valence-electron chi connectivity index (χ2n) is 5.79. The molecule has 2 aromatic carbocycles. The van der Waals surface area contributed by atoms with Crippen LogP contribution < -0.4 is 5.73 Å². The molecule has 0 unspecified atom stereocenters. The number of fused-ring (bicyclic) bond motifs is 1. The highest BCUT2D eigenvalue weighted by Gasteiger charge is 2.33. The van der Waals surface area contributed by atoms with E-state index in [0.717, 1.165) is 11.1 Å². The highest BCUT2D eigenvalue weighted by molar-refractivity contribution is 6.31. The van der Waals surface area contributed by atoms with Gasteiger partial charge in [-0.1, -0.05) is 41.9 Å². The van der Waals surface area contributed by atoms with Crippen molar-refractivity contribution in [3.05, 3.63) is 70.0 Å². The number of amides is 2. The van der Waals surface area contributed by atoms with E-state index in [4.69, 9.17) is 17.3 Å². The van der Waals surface area contributed by atoms with Crippen LogP contribution in [0.1, 0.15) is 16.7 Å². The van der Waals surface area contributed by atoms with E-state index in [1.54, 1.807) is 0 Å². The average Bonchev–Trinajstić information content (AvgIpc) is 2.56. The minimum atomic E-state index is -0.738. The molecule has 4 nitrogen and oxygen atoms in total. The van der Waals surface area contributed by atoms with Crippen LogP contribution in [0.4, 0.5) is 4.39 Å². The smallest absolute Gasteiger partial charge is 0.240 e. The van der Waals surface area contributed by atoms with Crippen molar-refractivity contribution in [3.8, 4) is 0 Å². The van der Waals surface area contributed by atoms with Gasteiger partial charge in [-0.15, -0.1) is 0 Å². The maximum absolute atomic E-state index is 13.9. The van der Waals surface area contributed by atoms with Gasteiger partial charge in [0.25, 0.3) is 0 Å². The lowest BCUT2D eigenvalue weighted by Gasteiger charge is -2.35. The number of hydrogen-bond donors (Lipinski definition) is 1. The second-order valence-corrected chi connectivity index (χ2v) is 6.20. The summed E-state index contributed by atoms with van der Waals surface area (Å²) in [4.78, 5) is 25.9. The molecule has 2 aromatic rings. The van der Waals surface area contributed by atoms with Crippen molar-refractivity contribution in [3.63, 3.8) is 0 Å². The first-order chi connectivity index (χ1) is 11.5. The Kier molecular flexibility index (Phi) is 4.53. The zero-order valence-corrected chi connectivity index (χ0v) is 13.6. The predicted molar refractivity (Wildman–Crippen MR) is 88.8 cm³/mol. The molecule has 0 fully saturated rings. The van der Waals surface area contributed by atoms with Gasteiger partial charge in [0, 0.05) is 23.6 Å². The maximum atomic E-state index is 13.9. The third kappa shape index (κ3) is 3.12. The van der Waals surface area contributed by atoms with E-state index in [0.29, 0.717) is 6.42 Å². The number of nitrogens with two attached hydrogens (primary N) is 1. The maximum Gasteiger partial charge on any atom is 0.240 e. The summed E-state index contributed by atoms with van der Waals surface area (Å²) in [5, 5.41) is 0.191. The SMILES string of the molecule is NC(=O)[C@H]1Cc2ccccc2CN1C(=O)Cc1c(F)cccc1Cl. The van der Waals surface area contributed by atoms with Crippen LogP contribution in [0.25, 0.3) is 0 Å². The van der Waals surface area contributed by atoms with Crippen LogP contribution in [0, 0.1) is 5.82 Å². The van der Waals surface area contributed by atoms with Crippen molar-refractivity contribution < 1.29 is 14.0 Å². The summed E-state index contributed by atoms with van der Waals surface area (Å²) in [7, 11) is 0. The Hall–Kier alpha value is -2.40. The number of carbonyl (C=O) groups excluding carboxylic acids is 2. The lowest BCUT2D eigenvalue weighted by atomic mass is 9.93. The quantitative estimate of drug-likeness (QED) is 0.928. The third-order valence-electron chi connectivity index (χ3n) is 4.29. The van der Waals surface area contributed by atoms with E-state index in [9.17, 15) is 14.0 Å². The van der Waals surface area contributed by atoms with Crippen LogP contribution >= 0.6 is 11.6 Å². The van der Waals surface area contributed by atoms with Gasteiger partial charge in [-0.25, -0.2) is 4.39 Å². The molecule has 1 aliphatic rings. The molecule has 24 heavy (non-hydrogen) atoms. The molecule has 0 spiro atoms. The van der Waals surface area contributed by atoms with Crippen molar-refractivity contribution in [2.75, 3.05) is 0 Å². The summed E-state index contributed by atoms with van der Waals surface area (Å²) in [6.45, 7) is 0.273. The summed E-state index contributed by atoms with van der Waals surface area (Å²) >= 11 is 5.99. The molecule has 1 atom stereocenters. The molecular weight excluding hydrogens is 331 g/mol. The number of nitrogens with zero attached hydrogens (tertiary/aromatic N) is 1. The standard InChI is InChI=1S/C18H16ClFN2O2/c19-14-6-3-7-15(20)13(14)9-17(23)22-10-12-5-2-1-4-11(12)8-16(22)18(21)24/h1-7,16H,8-10H2,(H2,21,24)/t16-/m1/s1. The Labute approximate surface area is 144 Å². The van der Waals surface area contributed by atoms with Crippen molar-refractivity contribution in [1.29, 1.82) is 0 Å². The van der Waals surface area contributed by atoms with Crippen molar-refractivity contribution in [1.82, 2.24) is 4.90 Å². The van der Waals surface area contributed by atoms with Crippen LogP contribution in [-0.4, -0.2) is 22.8 Å². The molecule has 1 heterocycles. The molecule has 2 amide bonds. The van der Waals surface area contributed by atoms with Crippen molar-refractivity contribution >= 4 is 23.4 Å². The monoisotopic (exact) mass is 346 g/mol. The highest BCUT2D eigenvalue weighted by Crippen LogP contribution is 2.26. The topological polar surface area (TPSA) is 63.4 Å². The van der Waals surface area contributed by atoms with E-state index in [1.165, 1.54) is 23.1 Å². The fourth-order valence-electron chi connectivity index (χ4n) is 2.99. The Morgan fingerprint density at radius 1 is 1.17 bits per heavy atom. The molecule has 0 saturated heterocycles. The van der Waals surface area contributed by atoms with Gasteiger partial charge in [0.2, 0.25) is 11.8 Å². The zero-order chi connectivity index (χ0) is 17.3. The molecule has 3 rings (SSSR count).